The quantitative estimate of drug-likeness (QED) is 0.828. The van der Waals surface area contributed by atoms with E-state index in [0.29, 0.717) is 25.1 Å². The normalized spacial score (nSPS) is 27.5. The van der Waals surface area contributed by atoms with E-state index in [4.69, 9.17) is 4.74 Å². The Kier molecular flexibility index (Phi) is 4.66. The van der Waals surface area contributed by atoms with Gasteiger partial charge in [0.25, 0.3) is 5.91 Å². The van der Waals surface area contributed by atoms with Gasteiger partial charge in [-0.05, 0) is 43.5 Å². The maximum Gasteiger partial charge on any atom is 0.410 e. The van der Waals surface area contributed by atoms with Crippen LogP contribution in [-0.2, 0) is 9.53 Å². The van der Waals surface area contributed by atoms with Crippen molar-refractivity contribution < 1.29 is 19.1 Å². The molecule has 4 heterocycles. The molecule has 29 heavy (non-hydrogen) atoms. The number of anilines is 1. The summed E-state index contributed by atoms with van der Waals surface area (Å²) in [6.07, 6.45) is 2.77. The number of piperidine rings is 1. The summed E-state index contributed by atoms with van der Waals surface area (Å²) >= 11 is 0. The largest absolute Gasteiger partial charge is 0.442 e. The summed E-state index contributed by atoms with van der Waals surface area (Å²) < 4.78 is 5.47. The molecule has 8 heteroatoms. The van der Waals surface area contributed by atoms with Crippen molar-refractivity contribution in [1.29, 1.82) is 0 Å². The van der Waals surface area contributed by atoms with Crippen LogP contribution in [0.4, 0.5) is 10.5 Å². The summed E-state index contributed by atoms with van der Waals surface area (Å²) in [7, 11) is 0. The highest BCUT2D eigenvalue weighted by Gasteiger charge is 2.48. The van der Waals surface area contributed by atoms with E-state index in [1.807, 2.05) is 34.1 Å². The third-order valence-corrected chi connectivity index (χ3v) is 6.59. The van der Waals surface area contributed by atoms with Gasteiger partial charge in [0.05, 0.1) is 6.04 Å². The Balaban J connectivity index is 1.20. The lowest BCUT2D eigenvalue weighted by molar-refractivity contribution is -0.117. The van der Waals surface area contributed by atoms with Gasteiger partial charge in [0, 0.05) is 56.4 Å². The van der Waals surface area contributed by atoms with Gasteiger partial charge in [-0.15, -0.1) is 0 Å². The molecule has 5 rings (SSSR count). The van der Waals surface area contributed by atoms with Crippen LogP contribution in [0.2, 0.25) is 0 Å². The lowest BCUT2D eigenvalue weighted by Crippen LogP contribution is -2.51. The molecular formula is C21H26N4O4. The number of rotatable bonds is 3. The lowest BCUT2D eigenvalue weighted by atomic mass is 10.0. The van der Waals surface area contributed by atoms with Crippen LogP contribution in [0.15, 0.2) is 24.3 Å². The molecule has 2 atom stereocenters. The molecule has 4 saturated heterocycles. The molecule has 1 N–H and O–H groups in total. The number of hydrogen-bond donors (Lipinski definition) is 1. The first-order chi connectivity index (χ1) is 14.1. The Morgan fingerprint density at radius 2 is 1.79 bits per heavy atom. The molecule has 0 aliphatic carbocycles. The third kappa shape index (κ3) is 3.25. The number of hydrogen-bond acceptors (Lipinski definition) is 5. The molecule has 1 aromatic rings. The summed E-state index contributed by atoms with van der Waals surface area (Å²) in [6, 6.07) is 7.58. The minimum Gasteiger partial charge on any atom is -0.442 e. The minimum atomic E-state index is -0.210. The van der Waals surface area contributed by atoms with E-state index in [1.54, 1.807) is 4.90 Å². The van der Waals surface area contributed by atoms with Gasteiger partial charge in [0.15, 0.2) is 0 Å². The average molecular weight is 398 g/mol. The predicted octanol–water partition coefficient (Wildman–Crippen LogP) is 1.21. The molecule has 4 aliphatic heterocycles. The average Bonchev–Trinajstić information content (AvgIpc) is 3.44. The second-order valence-corrected chi connectivity index (χ2v) is 8.27. The van der Waals surface area contributed by atoms with Crippen molar-refractivity contribution in [3.8, 4) is 0 Å². The van der Waals surface area contributed by atoms with E-state index in [0.717, 1.165) is 44.6 Å². The maximum atomic E-state index is 12.9. The van der Waals surface area contributed by atoms with Crippen molar-refractivity contribution in [1.82, 2.24) is 15.1 Å². The zero-order valence-corrected chi connectivity index (χ0v) is 16.4. The molecule has 0 unspecified atom stereocenters. The molecule has 0 spiro atoms. The van der Waals surface area contributed by atoms with E-state index in [9.17, 15) is 14.4 Å². The summed E-state index contributed by atoms with van der Waals surface area (Å²) in [4.78, 5) is 42.6. The molecule has 3 amide bonds. The Morgan fingerprint density at radius 3 is 2.48 bits per heavy atom. The number of benzene rings is 1. The summed E-state index contributed by atoms with van der Waals surface area (Å²) in [5, 5.41) is 3.28. The van der Waals surface area contributed by atoms with Gasteiger partial charge >= 0.3 is 6.09 Å². The number of carbonyl (C=O) groups is 3. The predicted molar refractivity (Wildman–Crippen MR) is 106 cm³/mol. The van der Waals surface area contributed by atoms with Gasteiger partial charge in [-0.25, -0.2) is 4.79 Å². The molecule has 8 nitrogen and oxygen atoms in total. The Morgan fingerprint density at radius 1 is 1.03 bits per heavy atom. The summed E-state index contributed by atoms with van der Waals surface area (Å²) in [5.41, 5.74) is 1.49. The van der Waals surface area contributed by atoms with E-state index >= 15 is 0 Å². The first-order valence-electron chi connectivity index (χ1n) is 10.5. The van der Waals surface area contributed by atoms with Crippen LogP contribution in [0.1, 0.15) is 36.0 Å². The lowest BCUT2D eigenvalue weighted by Gasteiger charge is -2.37. The Bertz CT molecular complexity index is 818. The first-order valence-corrected chi connectivity index (χ1v) is 10.5. The van der Waals surface area contributed by atoms with Crippen molar-refractivity contribution in [3.05, 3.63) is 29.8 Å². The molecule has 4 fully saturated rings. The Hall–Kier alpha value is -2.61. The van der Waals surface area contributed by atoms with Crippen molar-refractivity contribution in [2.24, 2.45) is 0 Å². The van der Waals surface area contributed by atoms with Crippen LogP contribution in [0, 0.1) is 0 Å². The second-order valence-electron chi connectivity index (χ2n) is 8.27. The number of fused-ring (bicyclic) bond motifs is 1. The van der Waals surface area contributed by atoms with Crippen molar-refractivity contribution in [2.45, 2.75) is 43.9 Å². The molecule has 0 radical (unpaired) electrons. The molecular weight excluding hydrogens is 372 g/mol. The summed E-state index contributed by atoms with van der Waals surface area (Å²) in [6.45, 7) is 3.51. The van der Waals surface area contributed by atoms with Gasteiger partial charge in [0.2, 0.25) is 5.91 Å². The number of carbonyl (C=O) groups excluding carboxylic acids is 3. The fourth-order valence-electron chi connectivity index (χ4n) is 5.02. The zero-order chi connectivity index (χ0) is 20.0. The van der Waals surface area contributed by atoms with Crippen LogP contribution in [0.3, 0.4) is 0 Å². The van der Waals surface area contributed by atoms with Crippen LogP contribution >= 0.6 is 0 Å². The Labute approximate surface area is 169 Å². The molecule has 154 valence electrons. The van der Waals surface area contributed by atoms with Crippen LogP contribution < -0.4 is 10.2 Å². The van der Waals surface area contributed by atoms with Crippen molar-refractivity contribution in [3.63, 3.8) is 0 Å². The number of likely N-dealkylation sites (tertiary alicyclic amines) is 1. The van der Waals surface area contributed by atoms with Crippen LogP contribution in [0.25, 0.3) is 0 Å². The zero-order valence-electron chi connectivity index (χ0n) is 16.4. The molecule has 0 aromatic heterocycles. The molecule has 1 aromatic carbocycles. The minimum absolute atomic E-state index is 0.00663. The number of amides is 3. The second kappa shape index (κ2) is 7.33. The monoisotopic (exact) mass is 398 g/mol. The smallest absolute Gasteiger partial charge is 0.410 e. The van der Waals surface area contributed by atoms with Gasteiger partial charge < -0.3 is 19.9 Å². The number of nitrogens with one attached hydrogen (secondary N) is 1. The van der Waals surface area contributed by atoms with E-state index in [1.165, 1.54) is 0 Å². The third-order valence-electron chi connectivity index (χ3n) is 6.59. The van der Waals surface area contributed by atoms with Gasteiger partial charge in [0.1, 0.15) is 6.10 Å². The van der Waals surface area contributed by atoms with E-state index < -0.39 is 0 Å². The number of nitrogens with zero attached hydrogens (tertiary/aromatic N) is 3. The van der Waals surface area contributed by atoms with Crippen LogP contribution in [0.5, 0.6) is 0 Å². The molecule has 0 bridgehead atoms. The van der Waals surface area contributed by atoms with E-state index in [-0.39, 0.29) is 36.1 Å². The van der Waals surface area contributed by atoms with Crippen molar-refractivity contribution in [2.75, 3.05) is 37.6 Å². The van der Waals surface area contributed by atoms with Gasteiger partial charge in [-0.2, -0.15) is 0 Å². The van der Waals surface area contributed by atoms with Gasteiger partial charge in [-0.1, -0.05) is 0 Å². The highest BCUT2D eigenvalue weighted by Crippen LogP contribution is 2.30. The van der Waals surface area contributed by atoms with Crippen molar-refractivity contribution >= 4 is 23.6 Å². The van der Waals surface area contributed by atoms with E-state index in [2.05, 4.69) is 5.32 Å². The topological polar surface area (TPSA) is 82.2 Å². The highest BCUT2D eigenvalue weighted by molar-refractivity contribution is 5.97. The fourth-order valence-corrected chi connectivity index (χ4v) is 5.02. The molecule has 0 saturated carbocycles. The fraction of sp³-hybridized carbons (Fsp3) is 0.571. The highest BCUT2D eigenvalue weighted by atomic mass is 16.6. The SMILES string of the molecule is O=C(c1ccc(N2CCCC2=O)cc1)N1CCC(N2C(=O)O[C@H]3CNC[C@H]32)CC1. The number of ether oxygens (including phenoxy) is 1. The van der Waals surface area contributed by atoms with Crippen LogP contribution in [-0.4, -0.2) is 78.6 Å². The van der Waals surface area contributed by atoms with Gasteiger partial charge in [-0.3, -0.25) is 14.5 Å². The first kappa shape index (κ1) is 18.4. The molecule has 4 aliphatic rings. The standard InChI is InChI=1S/C21H26N4O4/c26-19-2-1-9-24(19)15-5-3-14(4-6-15)20(27)23-10-7-16(8-11-23)25-17-12-22-13-18(17)29-21(25)28/h3-6,16-18,22H,1-2,7-13H2/t17-,18+/m1/s1. The maximum absolute atomic E-state index is 12.9. The summed E-state index contributed by atoms with van der Waals surface area (Å²) in [5.74, 6) is 0.151.